The lowest BCUT2D eigenvalue weighted by atomic mass is 9.48. The average Bonchev–Trinajstić information content (AvgIpc) is 3.04. The second kappa shape index (κ2) is 6.61. The molecule has 1 amide bonds. The van der Waals surface area contributed by atoms with E-state index in [1.807, 2.05) is 13.1 Å². The number of aliphatic hydroxyl groups excluding tert-OH is 1. The maximum Gasteiger partial charge on any atom is 0.343 e. The third-order valence-corrected chi connectivity index (χ3v) is 8.53. The third-order valence-electron chi connectivity index (χ3n) is 8.53. The minimum absolute atomic E-state index is 0.0696. The minimum atomic E-state index is -0.593. The van der Waals surface area contributed by atoms with E-state index in [4.69, 9.17) is 9.84 Å². The summed E-state index contributed by atoms with van der Waals surface area (Å²) in [5.74, 6) is 1.17. The van der Waals surface area contributed by atoms with Gasteiger partial charge < -0.3 is 14.7 Å². The van der Waals surface area contributed by atoms with Crippen LogP contribution in [0.5, 0.6) is 0 Å². The summed E-state index contributed by atoms with van der Waals surface area (Å²) in [4.78, 5) is 27.1. The highest BCUT2D eigenvalue weighted by Crippen LogP contribution is 2.64. The van der Waals surface area contributed by atoms with Gasteiger partial charge in [0.05, 0.1) is 6.61 Å². The molecule has 1 unspecified atom stereocenters. The Labute approximate surface area is 162 Å². The number of nitrogens with zero attached hydrogens (tertiary/aromatic N) is 1. The number of aliphatic hydroxyl groups is 1. The van der Waals surface area contributed by atoms with Gasteiger partial charge in [-0.3, -0.25) is 4.79 Å². The van der Waals surface area contributed by atoms with Crippen molar-refractivity contribution in [3.05, 3.63) is 11.6 Å². The van der Waals surface area contributed by atoms with Crippen molar-refractivity contribution >= 4 is 11.9 Å². The monoisotopic (exact) mass is 375 g/mol. The summed E-state index contributed by atoms with van der Waals surface area (Å²) >= 11 is 0. The van der Waals surface area contributed by atoms with Crippen molar-refractivity contribution in [3.8, 4) is 0 Å². The van der Waals surface area contributed by atoms with Gasteiger partial charge in [-0.05, 0) is 61.7 Å². The number of ether oxygens (including phenoxy) is 1. The Morgan fingerprint density at radius 2 is 2.00 bits per heavy atom. The first-order valence-corrected chi connectivity index (χ1v) is 10.6. The van der Waals surface area contributed by atoms with E-state index in [0.29, 0.717) is 17.3 Å². The van der Waals surface area contributed by atoms with Crippen LogP contribution in [0, 0.1) is 28.6 Å². The number of carbonyl (C=O) groups excluding carboxylic acids is 2. The van der Waals surface area contributed by atoms with E-state index in [1.54, 1.807) is 4.90 Å². The molecule has 3 saturated carbocycles. The maximum absolute atomic E-state index is 12.8. The number of carbonyl (C=O) groups is 2. The van der Waals surface area contributed by atoms with Gasteiger partial charge in [0.15, 0.2) is 0 Å². The molecule has 5 heteroatoms. The number of likely N-dealkylation sites (N-methyl/N-ethyl adjacent to an activating group) is 1. The molecule has 3 aliphatic carbocycles. The summed E-state index contributed by atoms with van der Waals surface area (Å²) in [6.45, 7) is 4.45. The Balaban J connectivity index is 1.69. The van der Waals surface area contributed by atoms with Crippen LogP contribution in [-0.2, 0) is 14.3 Å². The van der Waals surface area contributed by atoms with E-state index in [9.17, 15) is 9.59 Å². The molecule has 5 nitrogen and oxygen atoms in total. The van der Waals surface area contributed by atoms with Gasteiger partial charge in [-0.25, -0.2) is 4.79 Å². The van der Waals surface area contributed by atoms with Crippen LogP contribution < -0.4 is 0 Å². The summed E-state index contributed by atoms with van der Waals surface area (Å²) in [5.41, 5.74) is 0.473. The molecule has 0 spiro atoms. The van der Waals surface area contributed by atoms with Crippen molar-refractivity contribution in [2.45, 2.75) is 64.8 Å². The second-order valence-corrected chi connectivity index (χ2v) is 9.75. The molecule has 4 rings (SSSR count). The zero-order valence-corrected chi connectivity index (χ0v) is 16.9. The van der Waals surface area contributed by atoms with Crippen LogP contribution in [0.2, 0.25) is 0 Å². The van der Waals surface area contributed by atoms with Crippen LogP contribution >= 0.6 is 0 Å². The fourth-order valence-electron chi connectivity index (χ4n) is 7.24. The maximum atomic E-state index is 12.8. The summed E-state index contributed by atoms with van der Waals surface area (Å²) in [5, 5.41) is 8.94. The molecule has 6 atom stereocenters. The summed E-state index contributed by atoms with van der Waals surface area (Å²) in [6, 6.07) is 0.159. The van der Waals surface area contributed by atoms with Crippen LogP contribution in [0.15, 0.2) is 11.6 Å². The van der Waals surface area contributed by atoms with Gasteiger partial charge >= 0.3 is 5.97 Å². The standard InChI is InChI=1S/C22H33NO4/c1-21-9-4-5-16(21)14-6-7-18-22(2,17(14)8-10-21)13-15(19(25)23(18)3)20(26)27-12-11-24/h13-14,16-18,24H,4-12H2,1-3H3/t14-,16-,17+,18?,21-,22+/m0/s1. The molecule has 1 heterocycles. The second-order valence-electron chi connectivity index (χ2n) is 9.75. The fraction of sp³-hybridized carbons (Fsp3) is 0.818. The lowest BCUT2D eigenvalue weighted by molar-refractivity contribution is -0.149. The van der Waals surface area contributed by atoms with Gasteiger partial charge in [-0.1, -0.05) is 26.3 Å². The number of rotatable bonds is 3. The normalized spacial score (nSPS) is 43.5. The van der Waals surface area contributed by atoms with Crippen molar-refractivity contribution in [1.82, 2.24) is 4.90 Å². The van der Waals surface area contributed by atoms with Crippen molar-refractivity contribution < 1.29 is 19.4 Å². The van der Waals surface area contributed by atoms with Crippen LogP contribution in [0.4, 0.5) is 0 Å². The molecule has 27 heavy (non-hydrogen) atoms. The van der Waals surface area contributed by atoms with Crippen molar-refractivity contribution in [2.24, 2.45) is 28.6 Å². The Morgan fingerprint density at radius 3 is 2.74 bits per heavy atom. The molecule has 4 aliphatic rings. The zero-order chi connectivity index (χ0) is 19.4. The van der Waals surface area contributed by atoms with E-state index in [-0.39, 0.29) is 36.2 Å². The first kappa shape index (κ1) is 19.0. The number of hydrogen-bond acceptors (Lipinski definition) is 4. The number of esters is 1. The fourth-order valence-corrected chi connectivity index (χ4v) is 7.24. The molecule has 1 aliphatic heterocycles. The Bertz CT molecular complexity index is 673. The molecule has 0 aromatic rings. The van der Waals surface area contributed by atoms with E-state index in [0.717, 1.165) is 12.3 Å². The molecule has 0 aromatic heterocycles. The lowest BCUT2D eigenvalue weighted by Gasteiger charge is -2.60. The van der Waals surface area contributed by atoms with Crippen LogP contribution in [-0.4, -0.2) is 48.2 Å². The van der Waals surface area contributed by atoms with Crippen LogP contribution in [0.3, 0.4) is 0 Å². The van der Waals surface area contributed by atoms with Crippen molar-refractivity contribution in [2.75, 3.05) is 20.3 Å². The SMILES string of the molecule is CN1C(=O)C(C(=O)OCCO)=C[C@@]2(C)C1CC[C@@H]1[C@H]2CC[C@]2(C)CCC[C@@H]12. The van der Waals surface area contributed by atoms with E-state index in [2.05, 4.69) is 13.8 Å². The highest BCUT2D eigenvalue weighted by atomic mass is 16.5. The van der Waals surface area contributed by atoms with E-state index in [1.165, 1.54) is 38.5 Å². The highest BCUT2D eigenvalue weighted by molar-refractivity contribution is 6.17. The number of fused-ring (bicyclic) bond motifs is 5. The molecule has 0 aromatic carbocycles. The first-order chi connectivity index (χ1) is 12.8. The number of hydrogen-bond donors (Lipinski definition) is 1. The third kappa shape index (κ3) is 2.76. The predicted octanol–water partition coefficient (Wildman–Crippen LogP) is 2.92. The largest absolute Gasteiger partial charge is 0.460 e. The molecule has 0 saturated heterocycles. The molecule has 0 bridgehead atoms. The average molecular weight is 376 g/mol. The molecular weight excluding hydrogens is 342 g/mol. The highest BCUT2D eigenvalue weighted by Gasteiger charge is 2.59. The summed E-state index contributed by atoms with van der Waals surface area (Å²) < 4.78 is 5.09. The summed E-state index contributed by atoms with van der Waals surface area (Å²) in [6.07, 6.45) is 10.6. The Kier molecular flexibility index (Phi) is 4.65. The van der Waals surface area contributed by atoms with Gasteiger partial charge in [0, 0.05) is 18.5 Å². The van der Waals surface area contributed by atoms with Crippen LogP contribution in [0.1, 0.15) is 58.8 Å². The Morgan fingerprint density at radius 1 is 1.22 bits per heavy atom. The van der Waals surface area contributed by atoms with Gasteiger partial charge in [-0.2, -0.15) is 0 Å². The molecule has 1 N–H and O–H groups in total. The minimum Gasteiger partial charge on any atom is -0.460 e. The predicted molar refractivity (Wildman–Crippen MR) is 102 cm³/mol. The Hall–Kier alpha value is -1.36. The van der Waals surface area contributed by atoms with Gasteiger partial charge in [0.1, 0.15) is 12.2 Å². The lowest BCUT2D eigenvalue weighted by Crippen LogP contribution is -2.60. The molecular formula is C22H33NO4. The van der Waals surface area contributed by atoms with Crippen LogP contribution in [0.25, 0.3) is 0 Å². The summed E-state index contributed by atoms with van der Waals surface area (Å²) in [7, 11) is 1.83. The van der Waals surface area contributed by atoms with Crippen molar-refractivity contribution in [3.63, 3.8) is 0 Å². The quantitative estimate of drug-likeness (QED) is 0.608. The first-order valence-electron chi connectivity index (χ1n) is 10.6. The van der Waals surface area contributed by atoms with E-state index < -0.39 is 5.97 Å². The van der Waals surface area contributed by atoms with Crippen molar-refractivity contribution in [1.29, 1.82) is 0 Å². The smallest absolute Gasteiger partial charge is 0.343 e. The molecule has 150 valence electrons. The van der Waals surface area contributed by atoms with Gasteiger partial charge in [-0.15, -0.1) is 0 Å². The van der Waals surface area contributed by atoms with Gasteiger partial charge in [0.2, 0.25) is 0 Å². The van der Waals surface area contributed by atoms with Gasteiger partial charge in [0.25, 0.3) is 5.91 Å². The topological polar surface area (TPSA) is 66.8 Å². The molecule has 3 fully saturated rings. The molecule has 0 radical (unpaired) electrons. The zero-order valence-electron chi connectivity index (χ0n) is 16.9. The number of amides is 1. The van der Waals surface area contributed by atoms with E-state index >= 15 is 0 Å².